The number of alkyl halides is 1. The Labute approximate surface area is 137 Å². The fourth-order valence-electron chi connectivity index (χ4n) is 3.28. The first kappa shape index (κ1) is 16.3. The van der Waals surface area contributed by atoms with Crippen molar-refractivity contribution in [3.8, 4) is 0 Å². The average molecular weight is 323 g/mol. The molecule has 0 amide bonds. The van der Waals surface area contributed by atoms with Gasteiger partial charge < -0.3 is 17.3 Å². The Kier molecular flexibility index (Phi) is 5.28. The molecule has 0 bridgehead atoms. The van der Waals surface area contributed by atoms with Crippen molar-refractivity contribution in [2.75, 3.05) is 14.1 Å². The summed E-state index contributed by atoms with van der Waals surface area (Å²) >= 11 is 6.59. The van der Waals surface area contributed by atoms with Crippen molar-refractivity contribution >= 4 is 11.6 Å². The summed E-state index contributed by atoms with van der Waals surface area (Å²) in [5.74, 6) is 0. The highest BCUT2D eigenvalue weighted by molar-refractivity contribution is 6.19. The number of halogens is 2. The number of rotatable bonds is 2. The van der Waals surface area contributed by atoms with Gasteiger partial charge in [-0.1, -0.05) is 60.7 Å². The van der Waals surface area contributed by atoms with Crippen molar-refractivity contribution < 1.29 is 17.3 Å². The van der Waals surface area contributed by atoms with Crippen LogP contribution in [0.1, 0.15) is 23.2 Å². The maximum Gasteiger partial charge on any atom is 0.222 e. The van der Waals surface area contributed by atoms with Gasteiger partial charge in [-0.3, -0.25) is 0 Å². The van der Waals surface area contributed by atoms with Crippen LogP contribution >= 0.6 is 11.6 Å². The van der Waals surface area contributed by atoms with Crippen LogP contribution < -0.4 is 17.3 Å². The summed E-state index contributed by atoms with van der Waals surface area (Å²) in [6.45, 7) is 0. The van der Waals surface area contributed by atoms with Crippen molar-refractivity contribution in [1.29, 1.82) is 0 Å². The quantitative estimate of drug-likeness (QED) is 0.576. The minimum absolute atomic E-state index is 0. The van der Waals surface area contributed by atoms with E-state index in [1.165, 1.54) is 16.0 Å². The number of hydrogen-bond acceptors (Lipinski definition) is 1. The van der Waals surface area contributed by atoms with Gasteiger partial charge in [0.15, 0.2) is 0 Å². The summed E-state index contributed by atoms with van der Waals surface area (Å²) in [6, 6.07) is 22.0. The van der Waals surface area contributed by atoms with Crippen molar-refractivity contribution in [1.82, 2.24) is 4.90 Å². The van der Waals surface area contributed by atoms with Crippen molar-refractivity contribution in [2.45, 2.75) is 17.7 Å². The van der Waals surface area contributed by atoms with E-state index in [0.29, 0.717) is 12.1 Å². The molecule has 4 heteroatoms. The second kappa shape index (κ2) is 6.80. The predicted octanol–water partition coefficient (Wildman–Crippen LogP) is -0.544. The fraction of sp³-hybridized carbons (Fsp3) is 0.294. The molecule has 0 saturated carbocycles. The van der Waals surface area contributed by atoms with Gasteiger partial charge in [0.1, 0.15) is 6.04 Å². The molecule has 1 N–H and O–H groups in total. The molecular weight excluding hydrogens is 303 g/mol. The molecule has 3 rings (SSSR count). The lowest BCUT2D eigenvalue weighted by Crippen LogP contribution is -3.10. The second-order valence-electron chi connectivity index (χ2n) is 5.49. The summed E-state index contributed by atoms with van der Waals surface area (Å²) in [5.41, 5.74) is 2.66. The molecule has 2 aromatic rings. The van der Waals surface area contributed by atoms with Crippen LogP contribution in [-0.2, 0) is 0 Å². The highest BCUT2D eigenvalue weighted by Crippen LogP contribution is 2.36. The Morgan fingerprint density at radius 2 is 1.38 bits per heavy atom. The molecule has 4 atom stereocenters. The zero-order valence-electron chi connectivity index (χ0n) is 12.2. The van der Waals surface area contributed by atoms with Crippen LogP contribution in [0.3, 0.4) is 0 Å². The zero-order chi connectivity index (χ0) is 14.1. The van der Waals surface area contributed by atoms with Crippen LogP contribution in [0.5, 0.6) is 0 Å². The largest absolute Gasteiger partial charge is 1.00 e. The normalized spacial score (nSPS) is 29.1. The first-order chi connectivity index (χ1) is 9.70. The molecule has 0 radical (unpaired) electrons. The van der Waals surface area contributed by atoms with E-state index in [9.17, 15) is 0 Å². The Bertz CT molecular complexity index is 510. The van der Waals surface area contributed by atoms with Gasteiger partial charge in [-0.2, -0.15) is 0 Å². The van der Waals surface area contributed by atoms with Gasteiger partial charge in [-0.05, 0) is 24.2 Å². The summed E-state index contributed by atoms with van der Waals surface area (Å²) in [4.78, 5) is 3.60. The van der Waals surface area contributed by atoms with E-state index in [1.807, 2.05) is 0 Å². The van der Waals surface area contributed by atoms with E-state index in [0.717, 1.165) is 0 Å². The van der Waals surface area contributed by atoms with Crippen LogP contribution in [-0.4, -0.2) is 24.6 Å². The van der Waals surface area contributed by atoms with Crippen molar-refractivity contribution in [3.05, 3.63) is 71.8 Å². The van der Waals surface area contributed by atoms with E-state index < -0.39 is 0 Å². The molecule has 112 valence electrons. The molecule has 1 heterocycles. The van der Waals surface area contributed by atoms with Gasteiger partial charge >= 0.3 is 0 Å². The third kappa shape index (κ3) is 2.95. The van der Waals surface area contributed by atoms with Crippen molar-refractivity contribution in [3.63, 3.8) is 0 Å². The number of nitrogens with zero attached hydrogens (tertiary/aromatic N) is 1. The summed E-state index contributed by atoms with van der Waals surface area (Å²) in [6.07, 6.45) is 0. The summed E-state index contributed by atoms with van der Waals surface area (Å²) in [7, 11) is 4.29. The van der Waals surface area contributed by atoms with Gasteiger partial charge in [0.05, 0.1) is 13.1 Å². The van der Waals surface area contributed by atoms with Gasteiger partial charge in [-0.15, -0.1) is 0 Å². The molecule has 21 heavy (non-hydrogen) atoms. The predicted molar refractivity (Wildman–Crippen MR) is 82.7 cm³/mol. The number of quaternary nitrogens is 1. The third-order valence-electron chi connectivity index (χ3n) is 4.28. The Balaban J connectivity index is 0.00000161. The van der Waals surface area contributed by atoms with Crippen LogP contribution in [0.2, 0.25) is 0 Å². The number of likely N-dealkylation sites (N-methyl/N-ethyl adjacent to an activating group) is 2. The molecule has 2 nitrogen and oxygen atoms in total. The van der Waals surface area contributed by atoms with Gasteiger partial charge in [0, 0.05) is 5.56 Å². The molecule has 1 aliphatic heterocycles. The highest BCUT2D eigenvalue weighted by atomic mass is 35.5. The number of nitrogens with one attached hydrogen (secondary N) is 1. The first-order valence-corrected chi connectivity index (χ1v) is 7.43. The average Bonchev–Trinajstić information content (AvgIpc) is 2.73. The number of hydrogen-bond donors (Lipinski definition) is 1. The molecule has 0 aliphatic carbocycles. The van der Waals surface area contributed by atoms with E-state index in [-0.39, 0.29) is 18.0 Å². The summed E-state index contributed by atoms with van der Waals surface area (Å²) in [5, 5.41) is 0. The highest BCUT2D eigenvalue weighted by Gasteiger charge is 2.47. The Hall–Kier alpha value is -1.06. The number of benzene rings is 2. The third-order valence-corrected chi connectivity index (χ3v) is 4.93. The van der Waals surface area contributed by atoms with E-state index in [4.69, 9.17) is 11.6 Å². The second-order valence-corrected chi connectivity index (χ2v) is 5.90. The Morgan fingerprint density at radius 1 is 0.905 bits per heavy atom. The topological polar surface area (TPSA) is 7.68 Å². The van der Waals surface area contributed by atoms with Gasteiger partial charge in [-0.25, -0.2) is 4.90 Å². The van der Waals surface area contributed by atoms with Gasteiger partial charge in [0.2, 0.25) is 5.62 Å². The minimum Gasteiger partial charge on any atom is -1.00 e. The first-order valence-electron chi connectivity index (χ1n) is 6.99. The summed E-state index contributed by atoms with van der Waals surface area (Å²) < 4.78 is 0. The zero-order valence-corrected chi connectivity index (χ0v) is 13.7. The smallest absolute Gasteiger partial charge is 0.222 e. The maximum absolute atomic E-state index is 6.59. The molecule has 2 unspecified atom stereocenters. The monoisotopic (exact) mass is 322 g/mol. The molecule has 1 aliphatic rings. The van der Waals surface area contributed by atoms with Gasteiger partial charge in [0.25, 0.3) is 0 Å². The van der Waals surface area contributed by atoms with Crippen molar-refractivity contribution in [2.24, 2.45) is 0 Å². The SMILES string of the molecule is CN1C(Cl)[NH+](C)[C@@H](c2ccccc2)[C@@H]1c1ccccc1.[Cl-]. The molecule has 0 aromatic heterocycles. The molecular formula is C17H20Cl2N2. The van der Waals surface area contributed by atoms with Crippen LogP contribution in [0.25, 0.3) is 0 Å². The van der Waals surface area contributed by atoms with E-state index >= 15 is 0 Å². The molecule has 2 aromatic carbocycles. The minimum atomic E-state index is -0.00888. The standard InChI is InChI=1S/C17H19ClN2.ClH/c1-19-15(13-9-5-3-6-10-13)16(20(2)17(19)18)14-11-7-4-8-12-14;/h3-12,15-17H,1-2H3;1H/t15-,16-;/m0./s1. The lowest BCUT2D eigenvalue weighted by molar-refractivity contribution is -0.915. The Morgan fingerprint density at radius 3 is 1.90 bits per heavy atom. The van der Waals surface area contributed by atoms with Crippen LogP contribution in [0, 0.1) is 0 Å². The van der Waals surface area contributed by atoms with Crippen LogP contribution in [0.15, 0.2) is 60.7 Å². The molecule has 1 saturated heterocycles. The fourth-order valence-corrected chi connectivity index (χ4v) is 3.54. The molecule has 1 fully saturated rings. The maximum atomic E-state index is 6.59. The lowest BCUT2D eigenvalue weighted by atomic mass is 9.93. The van der Waals surface area contributed by atoms with E-state index in [2.05, 4.69) is 79.7 Å². The molecule has 0 spiro atoms. The lowest BCUT2D eigenvalue weighted by Gasteiger charge is -2.23. The van der Waals surface area contributed by atoms with E-state index in [1.54, 1.807) is 0 Å². The van der Waals surface area contributed by atoms with Crippen LogP contribution in [0.4, 0.5) is 0 Å².